The lowest BCUT2D eigenvalue weighted by Crippen LogP contribution is -2.32. The number of aryl methyl sites for hydroxylation is 1. The average molecular weight is 310 g/mol. The summed E-state index contributed by atoms with van der Waals surface area (Å²) in [5.74, 6) is 0.0921. The number of sulfone groups is 1. The molecule has 0 saturated carbocycles. The van der Waals surface area contributed by atoms with Gasteiger partial charge in [0.25, 0.3) is 0 Å². The van der Waals surface area contributed by atoms with Crippen molar-refractivity contribution in [1.82, 2.24) is 10.3 Å². The molecule has 0 fully saturated rings. The lowest BCUT2D eigenvalue weighted by atomic mass is 10.2. The minimum atomic E-state index is -3.24. The monoisotopic (exact) mass is 310 g/mol. The van der Waals surface area contributed by atoms with Gasteiger partial charge in [-0.25, -0.2) is 8.42 Å². The topological polar surface area (TPSA) is 59.1 Å². The van der Waals surface area contributed by atoms with E-state index in [0.717, 1.165) is 10.4 Å². The van der Waals surface area contributed by atoms with Crippen molar-refractivity contribution in [3.8, 4) is 0 Å². The van der Waals surface area contributed by atoms with Crippen LogP contribution in [0.4, 0.5) is 0 Å². The molecular formula is C14H18N2O2S2. The van der Waals surface area contributed by atoms with Crippen molar-refractivity contribution in [1.29, 1.82) is 0 Å². The number of hydrogen-bond acceptors (Lipinski definition) is 5. The summed E-state index contributed by atoms with van der Waals surface area (Å²) in [6.45, 7) is 4.47. The second-order valence-electron chi connectivity index (χ2n) is 4.84. The van der Waals surface area contributed by atoms with Crippen molar-refractivity contribution in [3.63, 3.8) is 0 Å². The number of nitrogens with zero attached hydrogens (tertiary/aromatic N) is 1. The molecule has 1 aromatic carbocycles. The largest absolute Gasteiger partial charge is 0.308 e. The van der Waals surface area contributed by atoms with Crippen LogP contribution in [0.25, 0.3) is 0 Å². The quantitative estimate of drug-likeness (QED) is 0.890. The van der Waals surface area contributed by atoms with Crippen LogP contribution in [-0.4, -0.2) is 25.2 Å². The molecule has 6 heteroatoms. The molecule has 0 amide bonds. The second kappa shape index (κ2) is 6.47. The summed E-state index contributed by atoms with van der Waals surface area (Å²) in [4.78, 5) is 5.48. The van der Waals surface area contributed by atoms with Gasteiger partial charge in [0.05, 0.1) is 16.2 Å². The van der Waals surface area contributed by atoms with E-state index >= 15 is 0 Å². The van der Waals surface area contributed by atoms with Crippen LogP contribution in [0.3, 0.4) is 0 Å². The smallest absolute Gasteiger partial charge is 0.179 e. The van der Waals surface area contributed by atoms with Crippen molar-refractivity contribution in [2.24, 2.45) is 0 Å². The van der Waals surface area contributed by atoms with E-state index in [-0.39, 0.29) is 11.8 Å². The van der Waals surface area contributed by atoms with Crippen LogP contribution in [0.1, 0.15) is 17.4 Å². The number of rotatable bonds is 6. The summed E-state index contributed by atoms with van der Waals surface area (Å²) in [5.41, 5.74) is 2.82. The fourth-order valence-corrected chi connectivity index (χ4v) is 3.90. The Labute approximate surface area is 123 Å². The van der Waals surface area contributed by atoms with E-state index in [2.05, 4.69) is 10.3 Å². The van der Waals surface area contributed by atoms with Crippen LogP contribution in [0.5, 0.6) is 0 Å². The molecule has 4 nitrogen and oxygen atoms in total. The highest BCUT2D eigenvalue weighted by molar-refractivity contribution is 7.91. The molecular weight excluding hydrogens is 292 g/mol. The molecule has 1 atom stereocenters. The first kappa shape index (κ1) is 15.2. The van der Waals surface area contributed by atoms with E-state index in [1.807, 2.05) is 26.0 Å². The van der Waals surface area contributed by atoms with Gasteiger partial charge in [-0.1, -0.05) is 17.7 Å². The summed E-state index contributed by atoms with van der Waals surface area (Å²) < 4.78 is 24.5. The zero-order chi connectivity index (χ0) is 14.6. The number of thiazole rings is 1. The SMILES string of the molecule is Cc1ccc(S(=O)(=O)C[C@H](C)NCc2cncs2)cc1. The van der Waals surface area contributed by atoms with Crippen LogP contribution in [0, 0.1) is 6.92 Å². The van der Waals surface area contributed by atoms with Gasteiger partial charge in [-0.2, -0.15) is 0 Å². The van der Waals surface area contributed by atoms with Crippen LogP contribution in [0.2, 0.25) is 0 Å². The van der Waals surface area contributed by atoms with Crippen LogP contribution < -0.4 is 5.32 Å². The van der Waals surface area contributed by atoms with E-state index in [1.165, 1.54) is 0 Å². The van der Waals surface area contributed by atoms with E-state index < -0.39 is 9.84 Å². The maximum atomic E-state index is 12.3. The molecule has 108 valence electrons. The van der Waals surface area contributed by atoms with Gasteiger partial charge in [0.2, 0.25) is 0 Å². The summed E-state index contributed by atoms with van der Waals surface area (Å²) >= 11 is 1.56. The highest BCUT2D eigenvalue weighted by Gasteiger charge is 2.18. The molecule has 0 unspecified atom stereocenters. The molecule has 2 aromatic rings. The van der Waals surface area contributed by atoms with Gasteiger partial charge in [0.1, 0.15) is 0 Å². The average Bonchev–Trinajstić information content (AvgIpc) is 2.89. The fourth-order valence-electron chi connectivity index (χ4n) is 1.83. The Balaban J connectivity index is 1.95. The Morgan fingerprint density at radius 1 is 1.30 bits per heavy atom. The molecule has 20 heavy (non-hydrogen) atoms. The Kier molecular flexibility index (Phi) is 4.91. The first-order valence-electron chi connectivity index (χ1n) is 6.37. The molecule has 0 radical (unpaired) electrons. The van der Waals surface area contributed by atoms with Crippen molar-refractivity contribution < 1.29 is 8.42 Å². The third-order valence-corrected chi connectivity index (χ3v) is 5.67. The maximum Gasteiger partial charge on any atom is 0.179 e. The standard InChI is InChI=1S/C14H18N2O2S2/c1-11-3-5-14(6-4-11)20(17,18)9-12(2)16-8-13-7-15-10-19-13/h3-7,10,12,16H,8-9H2,1-2H3/t12-/m0/s1. The summed E-state index contributed by atoms with van der Waals surface area (Å²) in [6, 6.07) is 6.87. The third-order valence-electron chi connectivity index (χ3n) is 2.96. The zero-order valence-corrected chi connectivity index (χ0v) is 13.2. The minimum absolute atomic E-state index is 0.0921. The van der Waals surface area contributed by atoms with E-state index in [4.69, 9.17) is 0 Å². The van der Waals surface area contributed by atoms with Crippen molar-refractivity contribution in [2.45, 2.75) is 31.3 Å². The van der Waals surface area contributed by atoms with Crippen molar-refractivity contribution >= 4 is 21.2 Å². The fraction of sp³-hybridized carbons (Fsp3) is 0.357. The molecule has 0 aliphatic heterocycles. The molecule has 0 bridgehead atoms. The Morgan fingerprint density at radius 3 is 2.60 bits per heavy atom. The minimum Gasteiger partial charge on any atom is -0.308 e. The van der Waals surface area contributed by atoms with E-state index in [1.54, 1.807) is 35.2 Å². The van der Waals surface area contributed by atoms with Crippen LogP contribution in [-0.2, 0) is 16.4 Å². The number of aromatic nitrogens is 1. The Hall–Kier alpha value is -1.24. The Bertz CT molecular complexity index is 634. The molecule has 0 aliphatic carbocycles. The Morgan fingerprint density at radius 2 is 2.00 bits per heavy atom. The second-order valence-corrected chi connectivity index (χ2v) is 7.85. The van der Waals surface area contributed by atoms with Gasteiger partial charge in [-0.05, 0) is 26.0 Å². The molecule has 1 aromatic heterocycles. The lowest BCUT2D eigenvalue weighted by molar-refractivity contribution is 0.558. The normalized spacial score (nSPS) is 13.3. The molecule has 2 rings (SSSR count). The highest BCUT2D eigenvalue weighted by Crippen LogP contribution is 2.13. The van der Waals surface area contributed by atoms with Crippen molar-refractivity contribution in [3.05, 3.63) is 46.4 Å². The van der Waals surface area contributed by atoms with Crippen LogP contribution in [0.15, 0.2) is 40.9 Å². The molecule has 0 aliphatic rings. The van der Waals surface area contributed by atoms with Gasteiger partial charge in [0.15, 0.2) is 9.84 Å². The van der Waals surface area contributed by atoms with Gasteiger partial charge >= 0.3 is 0 Å². The van der Waals surface area contributed by atoms with Crippen LogP contribution >= 0.6 is 11.3 Å². The summed E-state index contributed by atoms with van der Waals surface area (Å²) in [6.07, 6.45) is 1.79. The van der Waals surface area contributed by atoms with Gasteiger partial charge in [0, 0.05) is 23.7 Å². The third kappa shape index (κ3) is 4.13. The predicted octanol–water partition coefficient (Wildman–Crippen LogP) is 2.40. The van der Waals surface area contributed by atoms with Gasteiger partial charge in [-0.15, -0.1) is 11.3 Å². The van der Waals surface area contributed by atoms with E-state index in [0.29, 0.717) is 11.4 Å². The molecule has 0 spiro atoms. The first-order chi connectivity index (χ1) is 9.47. The van der Waals surface area contributed by atoms with Crippen molar-refractivity contribution in [2.75, 3.05) is 5.75 Å². The molecule has 0 saturated heterocycles. The highest BCUT2D eigenvalue weighted by atomic mass is 32.2. The summed E-state index contributed by atoms with van der Waals surface area (Å²) in [7, 11) is -3.24. The predicted molar refractivity (Wildman–Crippen MR) is 81.6 cm³/mol. The van der Waals surface area contributed by atoms with Gasteiger partial charge in [-0.3, -0.25) is 4.98 Å². The number of benzene rings is 1. The lowest BCUT2D eigenvalue weighted by Gasteiger charge is -2.13. The summed E-state index contributed by atoms with van der Waals surface area (Å²) in [5, 5.41) is 3.21. The number of nitrogens with one attached hydrogen (secondary N) is 1. The molecule has 1 N–H and O–H groups in total. The zero-order valence-electron chi connectivity index (χ0n) is 11.5. The molecule has 1 heterocycles. The maximum absolute atomic E-state index is 12.3. The van der Waals surface area contributed by atoms with E-state index in [9.17, 15) is 8.42 Å². The number of hydrogen-bond donors (Lipinski definition) is 1. The first-order valence-corrected chi connectivity index (χ1v) is 8.91. The van der Waals surface area contributed by atoms with Gasteiger partial charge < -0.3 is 5.32 Å².